The van der Waals surface area contributed by atoms with Crippen molar-refractivity contribution in [2.75, 3.05) is 6.54 Å². The van der Waals surface area contributed by atoms with Crippen LogP contribution in [0.2, 0.25) is 0 Å². The molecule has 0 spiro atoms. The van der Waals surface area contributed by atoms with Gasteiger partial charge in [-0.25, -0.2) is 0 Å². The van der Waals surface area contributed by atoms with Crippen molar-refractivity contribution in [1.29, 1.82) is 0 Å². The number of nitrogens with one attached hydrogen (secondary N) is 1. The van der Waals surface area contributed by atoms with Crippen LogP contribution in [0.3, 0.4) is 0 Å². The third kappa shape index (κ3) is 4.40. The summed E-state index contributed by atoms with van der Waals surface area (Å²) in [6, 6.07) is 2.07. The first-order valence-corrected chi connectivity index (χ1v) is 6.31. The highest BCUT2D eigenvalue weighted by atomic mass is 79.9. The Labute approximate surface area is 98.4 Å². The molecule has 1 nitrogen and oxygen atoms in total. The number of thiophene rings is 1. The SMILES string of the molecule is CC(C)(C)NC/C=C/c1sccc1Br. The van der Waals surface area contributed by atoms with Crippen LogP contribution in [-0.2, 0) is 0 Å². The van der Waals surface area contributed by atoms with Gasteiger partial charge < -0.3 is 5.32 Å². The highest BCUT2D eigenvalue weighted by molar-refractivity contribution is 9.10. The summed E-state index contributed by atoms with van der Waals surface area (Å²) in [6.07, 6.45) is 4.30. The van der Waals surface area contributed by atoms with Crippen LogP contribution >= 0.6 is 27.3 Å². The van der Waals surface area contributed by atoms with Crippen LogP contribution in [0.5, 0.6) is 0 Å². The third-order valence-electron chi connectivity index (χ3n) is 1.66. The minimum absolute atomic E-state index is 0.191. The molecule has 1 rings (SSSR count). The van der Waals surface area contributed by atoms with E-state index in [0.717, 1.165) is 6.54 Å². The Morgan fingerprint density at radius 3 is 2.71 bits per heavy atom. The van der Waals surface area contributed by atoms with Gasteiger partial charge in [-0.05, 0) is 54.2 Å². The van der Waals surface area contributed by atoms with Crippen LogP contribution in [-0.4, -0.2) is 12.1 Å². The number of rotatable bonds is 3. The van der Waals surface area contributed by atoms with Crippen molar-refractivity contribution in [2.24, 2.45) is 0 Å². The Morgan fingerprint density at radius 2 is 2.21 bits per heavy atom. The molecule has 0 amide bonds. The average molecular weight is 274 g/mol. The minimum atomic E-state index is 0.191. The molecule has 0 saturated carbocycles. The van der Waals surface area contributed by atoms with Crippen molar-refractivity contribution in [3.05, 3.63) is 26.9 Å². The fourth-order valence-corrected chi connectivity index (χ4v) is 2.38. The zero-order valence-corrected chi connectivity index (χ0v) is 11.2. The highest BCUT2D eigenvalue weighted by Gasteiger charge is 2.05. The van der Waals surface area contributed by atoms with Crippen LogP contribution in [0.1, 0.15) is 25.6 Å². The summed E-state index contributed by atoms with van der Waals surface area (Å²) in [6.45, 7) is 7.42. The molecule has 0 aromatic carbocycles. The van der Waals surface area contributed by atoms with Gasteiger partial charge in [0.1, 0.15) is 0 Å². The molecule has 0 saturated heterocycles. The number of hydrogen-bond donors (Lipinski definition) is 1. The van der Waals surface area contributed by atoms with Crippen LogP contribution in [0.4, 0.5) is 0 Å². The van der Waals surface area contributed by atoms with E-state index in [9.17, 15) is 0 Å². The standard InChI is InChI=1S/C11H16BrNS/c1-11(2,3)13-7-4-5-10-9(12)6-8-14-10/h4-6,8,13H,7H2,1-3H3/b5-4+. The second-order valence-electron chi connectivity index (χ2n) is 4.17. The van der Waals surface area contributed by atoms with Crippen molar-refractivity contribution in [1.82, 2.24) is 5.32 Å². The second kappa shape index (κ2) is 5.10. The second-order valence-corrected chi connectivity index (χ2v) is 5.97. The quantitative estimate of drug-likeness (QED) is 0.881. The third-order valence-corrected chi connectivity index (χ3v) is 3.50. The highest BCUT2D eigenvalue weighted by Crippen LogP contribution is 2.23. The maximum absolute atomic E-state index is 3.50. The van der Waals surface area contributed by atoms with E-state index >= 15 is 0 Å². The van der Waals surface area contributed by atoms with Crippen LogP contribution < -0.4 is 5.32 Å². The van der Waals surface area contributed by atoms with E-state index in [1.54, 1.807) is 11.3 Å². The monoisotopic (exact) mass is 273 g/mol. The van der Waals surface area contributed by atoms with Gasteiger partial charge in [0.25, 0.3) is 0 Å². The first-order valence-electron chi connectivity index (χ1n) is 4.63. The molecule has 1 N–H and O–H groups in total. The first kappa shape index (κ1) is 12.0. The van der Waals surface area contributed by atoms with E-state index in [4.69, 9.17) is 0 Å². The smallest absolute Gasteiger partial charge is 0.0409 e. The van der Waals surface area contributed by atoms with Gasteiger partial charge in [0.2, 0.25) is 0 Å². The molecule has 0 unspecified atom stereocenters. The first-order chi connectivity index (χ1) is 6.49. The van der Waals surface area contributed by atoms with Gasteiger partial charge in [0, 0.05) is 21.4 Å². The Hall–Kier alpha value is -0.120. The summed E-state index contributed by atoms with van der Waals surface area (Å²) < 4.78 is 1.18. The Balaban J connectivity index is 2.39. The van der Waals surface area contributed by atoms with E-state index in [-0.39, 0.29) is 5.54 Å². The van der Waals surface area contributed by atoms with E-state index in [1.807, 2.05) is 0 Å². The zero-order chi connectivity index (χ0) is 10.6. The molecule has 0 aliphatic carbocycles. The van der Waals surface area contributed by atoms with E-state index in [1.165, 1.54) is 9.35 Å². The zero-order valence-electron chi connectivity index (χ0n) is 8.80. The molecule has 1 aromatic rings. The van der Waals surface area contributed by atoms with Gasteiger partial charge in [-0.2, -0.15) is 0 Å². The molecule has 0 radical (unpaired) electrons. The average Bonchev–Trinajstić information content (AvgIpc) is 2.44. The van der Waals surface area contributed by atoms with Gasteiger partial charge in [-0.1, -0.05) is 6.08 Å². The lowest BCUT2D eigenvalue weighted by atomic mass is 10.1. The van der Waals surface area contributed by atoms with Crippen molar-refractivity contribution in [3.63, 3.8) is 0 Å². The molecular formula is C11H16BrNS. The summed E-state index contributed by atoms with van der Waals surface area (Å²) in [7, 11) is 0. The maximum Gasteiger partial charge on any atom is 0.0409 e. The van der Waals surface area contributed by atoms with Crippen molar-refractivity contribution in [3.8, 4) is 0 Å². The predicted molar refractivity (Wildman–Crippen MR) is 68.8 cm³/mol. The Morgan fingerprint density at radius 1 is 1.50 bits per heavy atom. The molecule has 0 fully saturated rings. The molecule has 0 aliphatic heterocycles. The fraction of sp³-hybridized carbons (Fsp3) is 0.455. The number of hydrogen-bond acceptors (Lipinski definition) is 2. The molecule has 14 heavy (non-hydrogen) atoms. The van der Waals surface area contributed by atoms with Crippen LogP contribution in [0.15, 0.2) is 22.0 Å². The molecule has 1 heterocycles. The topological polar surface area (TPSA) is 12.0 Å². The molecule has 0 bridgehead atoms. The maximum atomic E-state index is 3.50. The van der Waals surface area contributed by atoms with E-state index < -0.39 is 0 Å². The lowest BCUT2D eigenvalue weighted by Gasteiger charge is -2.18. The fourth-order valence-electron chi connectivity index (χ4n) is 0.955. The summed E-state index contributed by atoms with van der Waals surface area (Å²) in [5.41, 5.74) is 0.191. The summed E-state index contributed by atoms with van der Waals surface area (Å²) in [4.78, 5) is 1.28. The van der Waals surface area contributed by atoms with Gasteiger partial charge in [0.05, 0.1) is 0 Å². The summed E-state index contributed by atoms with van der Waals surface area (Å²) in [5.74, 6) is 0. The van der Waals surface area contributed by atoms with Crippen LogP contribution in [0.25, 0.3) is 6.08 Å². The molecule has 1 aromatic heterocycles. The molecule has 78 valence electrons. The van der Waals surface area contributed by atoms with Gasteiger partial charge in [-0.3, -0.25) is 0 Å². The van der Waals surface area contributed by atoms with Crippen molar-refractivity contribution < 1.29 is 0 Å². The van der Waals surface area contributed by atoms with E-state index in [0.29, 0.717) is 0 Å². The minimum Gasteiger partial charge on any atom is -0.309 e. The molecular weight excluding hydrogens is 258 g/mol. The Bertz CT molecular complexity index is 309. The molecule has 0 aliphatic rings. The summed E-state index contributed by atoms with van der Waals surface area (Å²) in [5, 5.41) is 5.49. The Kier molecular flexibility index (Phi) is 4.35. The normalized spacial score (nSPS) is 12.6. The lowest BCUT2D eigenvalue weighted by molar-refractivity contribution is 0.450. The molecule has 3 heteroatoms. The van der Waals surface area contributed by atoms with Crippen LogP contribution in [0, 0.1) is 0 Å². The lowest BCUT2D eigenvalue weighted by Crippen LogP contribution is -2.35. The van der Waals surface area contributed by atoms with Crippen molar-refractivity contribution in [2.45, 2.75) is 26.3 Å². The van der Waals surface area contributed by atoms with Gasteiger partial charge >= 0.3 is 0 Å². The van der Waals surface area contributed by atoms with Crippen molar-refractivity contribution >= 4 is 33.3 Å². The number of halogens is 1. The van der Waals surface area contributed by atoms with E-state index in [2.05, 4.69) is 65.6 Å². The van der Waals surface area contributed by atoms with Gasteiger partial charge in [0.15, 0.2) is 0 Å². The molecule has 0 atom stereocenters. The predicted octanol–water partition coefficient (Wildman–Crippen LogP) is 3.91. The largest absolute Gasteiger partial charge is 0.309 e. The summed E-state index contributed by atoms with van der Waals surface area (Å²) >= 11 is 5.24. The van der Waals surface area contributed by atoms with Gasteiger partial charge in [-0.15, -0.1) is 11.3 Å².